The summed E-state index contributed by atoms with van der Waals surface area (Å²) in [6.07, 6.45) is 6.73. The summed E-state index contributed by atoms with van der Waals surface area (Å²) in [7, 11) is 1.45. The van der Waals surface area contributed by atoms with Gasteiger partial charge in [0.05, 0.1) is 18.1 Å². The number of ether oxygens (including phenoxy) is 1. The Balaban J connectivity index is 1.56. The smallest absolute Gasteiger partial charge is 0.223 e. The van der Waals surface area contributed by atoms with Gasteiger partial charge in [0.2, 0.25) is 5.95 Å². The van der Waals surface area contributed by atoms with Crippen LogP contribution in [0.4, 0.5) is 10.3 Å². The first-order chi connectivity index (χ1) is 15.1. The van der Waals surface area contributed by atoms with Crippen molar-refractivity contribution in [2.45, 2.75) is 38.2 Å². The van der Waals surface area contributed by atoms with Crippen LogP contribution >= 0.6 is 0 Å². The van der Waals surface area contributed by atoms with Gasteiger partial charge in [-0.3, -0.25) is 0 Å². The van der Waals surface area contributed by atoms with Crippen molar-refractivity contribution in [1.29, 1.82) is 0 Å². The molecule has 1 aliphatic rings. The van der Waals surface area contributed by atoms with Crippen LogP contribution in [0.2, 0.25) is 0 Å². The SMILES string of the molecule is C=C(/C=C\C(=C/N)C(C)(C)O)C1CC(c2nc3c4cc(F)cc(OC)c4nc(N)n3n2)C1. The zero-order valence-corrected chi connectivity index (χ0v) is 18.3. The third kappa shape index (κ3) is 3.80. The molecule has 2 heterocycles. The normalized spacial score (nSPS) is 19.6. The molecular weight excluding hydrogens is 411 g/mol. The largest absolute Gasteiger partial charge is 0.494 e. The van der Waals surface area contributed by atoms with Gasteiger partial charge in [0, 0.05) is 12.0 Å². The van der Waals surface area contributed by atoms with E-state index in [1.54, 1.807) is 19.9 Å². The molecule has 1 fully saturated rings. The molecule has 32 heavy (non-hydrogen) atoms. The van der Waals surface area contributed by atoms with Gasteiger partial charge in [0.25, 0.3) is 0 Å². The van der Waals surface area contributed by atoms with Crippen LogP contribution in [-0.2, 0) is 0 Å². The van der Waals surface area contributed by atoms with Crippen molar-refractivity contribution in [1.82, 2.24) is 19.6 Å². The standard InChI is InChI=1S/C23H27FN6O2/c1-12(5-6-15(11-25)23(2,3)31)13-7-14(8-13)20-28-21-17-9-16(24)10-18(32-4)19(17)27-22(26)30(21)29-20/h5-6,9-11,13-14,31H,1,7-8,25H2,2-4H3,(H2,26,27)/b6-5-,15-11+. The van der Waals surface area contributed by atoms with E-state index in [1.165, 1.54) is 30.0 Å². The first kappa shape index (κ1) is 21.8. The number of fused-ring (bicyclic) bond motifs is 3. The van der Waals surface area contributed by atoms with Gasteiger partial charge in [-0.1, -0.05) is 24.3 Å². The topological polar surface area (TPSA) is 125 Å². The molecule has 0 spiro atoms. The van der Waals surface area contributed by atoms with Gasteiger partial charge in [-0.2, -0.15) is 4.52 Å². The lowest BCUT2D eigenvalue weighted by atomic mass is 9.71. The van der Waals surface area contributed by atoms with Gasteiger partial charge >= 0.3 is 0 Å². The van der Waals surface area contributed by atoms with Gasteiger partial charge in [-0.15, -0.1) is 5.10 Å². The maximum atomic E-state index is 14.1. The van der Waals surface area contributed by atoms with E-state index in [9.17, 15) is 9.50 Å². The average Bonchev–Trinajstić information content (AvgIpc) is 3.12. The molecule has 0 radical (unpaired) electrons. The molecule has 0 amide bonds. The molecular formula is C23H27FN6O2. The van der Waals surface area contributed by atoms with Gasteiger partial charge in [0.1, 0.15) is 17.1 Å². The zero-order valence-electron chi connectivity index (χ0n) is 18.3. The Morgan fingerprint density at radius 3 is 2.66 bits per heavy atom. The molecule has 0 bridgehead atoms. The molecule has 4 rings (SSSR count). The quantitative estimate of drug-likeness (QED) is 0.505. The number of benzene rings is 1. The molecule has 0 aliphatic heterocycles. The predicted molar refractivity (Wildman–Crippen MR) is 122 cm³/mol. The number of allylic oxidation sites excluding steroid dienone is 2. The minimum atomic E-state index is -1.02. The first-order valence-corrected chi connectivity index (χ1v) is 10.3. The molecule has 8 nitrogen and oxygen atoms in total. The Bertz CT molecular complexity index is 1270. The van der Waals surface area contributed by atoms with Gasteiger partial charge in [-0.25, -0.2) is 14.4 Å². The first-order valence-electron chi connectivity index (χ1n) is 10.3. The van der Waals surface area contributed by atoms with Crippen molar-refractivity contribution in [3.63, 3.8) is 0 Å². The van der Waals surface area contributed by atoms with E-state index in [-0.39, 0.29) is 17.8 Å². The summed E-state index contributed by atoms with van der Waals surface area (Å²) in [5.74, 6) is 1.05. The molecule has 0 atom stereocenters. The average molecular weight is 439 g/mol. The summed E-state index contributed by atoms with van der Waals surface area (Å²) in [6.45, 7) is 7.51. The fourth-order valence-electron chi connectivity index (χ4n) is 3.94. The minimum Gasteiger partial charge on any atom is -0.494 e. The van der Waals surface area contributed by atoms with E-state index in [2.05, 4.69) is 21.6 Å². The van der Waals surface area contributed by atoms with Crippen molar-refractivity contribution < 1.29 is 14.2 Å². The van der Waals surface area contributed by atoms with Crippen molar-refractivity contribution in [3.8, 4) is 5.75 Å². The number of nitrogen functional groups attached to an aromatic ring is 1. The maximum absolute atomic E-state index is 14.1. The van der Waals surface area contributed by atoms with Crippen LogP contribution in [0.1, 0.15) is 38.4 Å². The van der Waals surface area contributed by atoms with E-state index in [0.29, 0.717) is 33.7 Å². The lowest BCUT2D eigenvalue weighted by Gasteiger charge is -2.34. The second-order valence-corrected chi connectivity index (χ2v) is 8.63. The number of rotatable bonds is 6. The summed E-state index contributed by atoms with van der Waals surface area (Å²) in [4.78, 5) is 8.99. The minimum absolute atomic E-state index is 0.133. The van der Waals surface area contributed by atoms with Gasteiger partial charge in [-0.05, 0) is 50.4 Å². The molecule has 168 valence electrons. The molecule has 1 saturated carbocycles. The van der Waals surface area contributed by atoms with Crippen LogP contribution in [-0.4, -0.2) is 37.4 Å². The van der Waals surface area contributed by atoms with Crippen molar-refractivity contribution in [3.05, 3.63) is 59.9 Å². The number of methoxy groups -OCH3 is 1. The number of nitrogens with zero attached hydrogens (tertiary/aromatic N) is 4. The lowest BCUT2D eigenvalue weighted by molar-refractivity contribution is 0.123. The van der Waals surface area contributed by atoms with Crippen LogP contribution < -0.4 is 16.2 Å². The molecule has 0 saturated heterocycles. The highest BCUT2D eigenvalue weighted by Gasteiger charge is 2.34. The molecule has 1 aliphatic carbocycles. The number of hydrogen-bond donors (Lipinski definition) is 3. The number of halogens is 1. The Hall–Kier alpha value is -3.46. The van der Waals surface area contributed by atoms with Crippen molar-refractivity contribution in [2.75, 3.05) is 12.8 Å². The maximum Gasteiger partial charge on any atom is 0.223 e. The third-order valence-corrected chi connectivity index (χ3v) is 5.96. The van der Waals surface area contributed by atoms with Crippen LogP contribution in [0.25, 0.3) is 16.6 Å². The highest BCUT2D eigenvalue weighted by atomic mass is 19.1. The predicted octanol–water partition coefficient (Wildman–Crippen LogP) is 3.23. The number of anilines is 1. The second kappa shape index (κ2) is 7.90. The second-order valence-electron chi connectivity index (χ2n) is 8.63. The van der Waals surface area contributed by atoms with Crippen LogP contribution in [0, 0.1) is 11.7 Å². The van der Waals surface area contributed by atoms with Crippen LogP contribution in [0.3, 0.4) is 0 Å². The van der Waals surface area contributed by atoms with Crippen LogP contribution in [0.5, 0.6) is 5.75 Å². The van der Waals surface area contributed by atoms with E-state index in [4.69, 9.17) is 16.2 Å². The van der Waals surface area contributed by atoms with E-state index < -0.39 is 11.4 Å². The van der Waals surface area contributed by atoms with Crippen molar-refractivity contribution >= 4 is 22.5 Å². The molecule has 3 aromatic rings. The highest BCUT2D eigenvalue weighted by Crippen LogP contribution is 2.44. The van der Waals surface area contributed by atoms with Crippen molar-refractivity contribution in [2.24, 2.45) is 11.7 Å². The molecule has 1 aromatic carbocycles. The number of aliphatic hydroxyl groups is 1. The number of hydrogen-bond acceptors (Lipinski definition) is 7. The molecule has 0 unspecified atom stereocenters. The molecule has 5 N–H and O–H groups in total. The summed E-state index contributed by atoms with van der Waals surface area (Å²) >= 11 is 0. The van der Waals surface area contributed by atoms with E-state index in [0.717, 1.165) is 18.4 Å². The summed E-state index contributed by atoms with van der Waals surface area (Å²) in [5.41, 5.74) is 13.1. The van der Waals surface area contributed by atoms with E-state index >= 15 is 0 Å². The monoisotopic (exact) mass is 438 g/mol. The third-order valence-electron chi connectivity index (χ3n) is 5.96. The lowest BCUT2D eigenvalue weighted by Crippen LogP contribution is -2.24. The fraction of sp³-hybridized carbons (Fsp3) is 0.348. The summed E-state index contributed by atoms with van der Waals surface area (Å²) < 4.78 is 20.8. The fourth-order valence-corrected chi connectivity index (χ4v) is 3.94. The Labute approximate surface area is 185 Å². The van der Waals surface area contributed by atoms with Crippen LogP contribution in [0.15, 0.2) is 48.2 Å². The Morgan fingerprint density at radius 1 is 1.31 bits per heavy atom. The Kier molecular flexibility index (Phi) is 5.37. The summed E-state index contributed by atoms with van der Waals surface area (Å²) in [5, 5.41) is 15.1. The highest BCUT2D eigenvalue weighted by molar-refractivity contribution is 5.95. The zero-order chi connectivity index (χ0) is 23.2. The number of nitrogens with two attached hydrogens (primary N) is 2. The molecule has 2 aromatic heterocycles. The number of aromatic nitrogens is 4. The van der Waals surface area contributed by atoms with Gasteiger partial charge < -0.3 is 21.3 Å². The summed E-state index contributed by atoms with van der Waals surface area (Å²) in [6, 6.07) is 2.63. The Morgan fingerprint density at radius 2 is 2.03 bits per heavy atom. The van der Waals surface area contributed by atoms with E-state index in [1.807, 2.05) is 6.08 Å². The molecule has 9 heteroatoms. The van der Waals surface area contributed by atoms with Gasteiger partial charge in [0.15, 0.2) is 11.5 Å².